The number of ether oxygens (including phenoxy) is 1. The van der Waals surface area contributed by atoms with Crippen molar-refractivity contribution < 1.29 is 37.9 Å². The van der Waals surface area contributed by atoms with E-state index in [9.17, 15) is 28.7 Å². The molecule has 1 aromatic rings. The molecule has 1 N–H and O–H groups in total. The molecule has 0 saturated carbocycles. The van der Waals surface area contributed by atoms with Gasteiger partial charge in [-0.2, -0.15) is 9.28 Å². The van der Waals surface area contributed by atoms with Crippen molar-refractivity contribution in [3.8, 4) is 5.75 Å². The first kappa shape index (κ1) is 22.0. The number of ketones is 1. The standard InChI is InChI=1S/C19H22FNO6S/c1-11-5-4-8-21(11,19(25)26)17(23)10-16(28-12(2)22)18(24)13-6-7-15(27-3)14(20)9-13/h6-7,9,11,16H,4-5,8,10H2,1-3H3/p+1/t11-,16?,21?/m1/s1. The fourth-order valence-electron chi connectivity index (χ4n) is 3.55. The number of carbonyl (C=O) groups is 4. The number of halogens is 1. The van der Waals surface area contributed by atoms with Crippen LogP contribution in [0.1, 0.15) is 43.5 Å². The second-order valence-electron chi connectivity index (χ2n) is 6.78. The van der Waals surface area contributed by atoms with Crippen LogP contribution in [0.5, 0.6) is 5.75 Å². The number of carbonyl (C=O) groups excluding carboxylic acids is 3. The highest BCUT2D eigenvalue weighted by Crippen LogP contribution is 2.32. The average Bonchev–Trinajstić information content (AvgIpc) is 3.02. The van der Waals surface area contributed by atoms with Crippen LogP contribution in [0.25, 0.3) is 0 Å². The summed E-state index contributed by atoms with van der Waals surface area (Å²) in [6, 6.07) is 3.21. The van der Waals surface area contributed by atoms with E-state index in [1.54, 1.807) is 6.92 Å². The van der Waals surface area contributed by atoms with Gasteiger partial charge in [0.05, 0.1) is 25.3 Å². The maximum atomic E-state index is 14.0. The third-order valence-electron chi connectivity index (χ3n) is 5.07. The highest BCUT2D eigenvalue weighted by Gasteiger charge is 2.53. The van der Waals surface area contributed by atoms with Gasteiger partial charge in [-0.05, 0) is 25.1 Å². The van der Waals surface area contributed by atoms with Crippen LogP contribution in [-0.2, 0) is 9.59 Å². The normalized spacial score (nSPS) is 22.5. The topological polar surface area (TPSA) is 97.7 Å². The molecule has 3 atom stereocenters. The van der Waals surface area contributed by atoms with E-state index in [-0.39, 0.29) is 17.9 Å². The number of likely N-dealkylation sites (tertiary alicyclic amines) is 1. The van der Waals surface area contributed by atoms with Gasteiger partial charge in [-0.3, -0.25) is 9.59 Å². The summed E-state index contributed by atoms with van der Waals surface area (Å²) in [4.78, 5) is 49.3. The largest absolute Gasteiger partial charge is 0.521 e. The number of benzene rings is 1. The van der Waals surface area contributed by atoms with Gasteiger partial charge in [0.2, 0.25) is 0 Å². The Morgan fingerprint density at radius 3 is 2.50 bits per heavy atom. The molecule has 0 aromatic heterocycles. The minimum Gasteiger partial charge on any atom is -0.494 e. The summed E-state index contributed by atoms with van der Waals surface area (Å²) in [5.74, 6) is -2.01. The Labute approximate surface area is 166 Å². The fraction of sp³-hybridized carbons (Fsp3) is 0.474. The first-order valence-electron chi connectivity index (χ1n) is 8.83. The van der Waals surface area contributed by atoms with Gasteiger partial charge in [0.25, 0.3) is 0 Å². The number of Topliss-reactive ketones (excluding diaryl/α,β-unsaturated/α-hetero) is 1. The second-order valence-corrected chi connectivity index (χ2v) is 8.16. The van der Waals surface area contributed by atoms with Crippen molar-refractivity contribution in [1.82, 2.24) is 0 Å². The minimum absolute atomic E-state index is 0.0128. The summed E-state index contributed by atoms with van der Waals surface area (Å²) < 4.78 is 18.0. The maximum Gasteiger partial charge on any atom is 0.521 e. The predicted octanol–water partition coefficient (Wildman–Crippen LogP) is 3.26. The van der Waals surface area contributed by atoms with Crippen molar-refractivity contribution in [2.45, 2.75) is 44.4 Å². The molecule has 1 aromatic carbocycles. The zero-order valence-corrected chi connectivity index (χ0v) is 16.8. The number of nitrogens with zero attached hydrogens (tertiary/aromatic N) is 1. The van der Waals surface area contributed by atoms with Gasteiger partial charge >= 0.3 is 12.0 Å². The van der Waals surface area contributed by atoms with Crippen LogP contribution in [-0.4, -0.2) is 57.4 Å². The van der Waals surface area contributed by atoms with Gasteiger partial charge in [-0.25, -0.2) is 9.18 Å². The first-order chi connectivity index (χ1) is 13.1. The van der Waals surface area contributed by atoms with E-state index in [2.05, 4.69) is 0 Å². The van der Waals surface area contributed by atoms with Gasteiger partial charge in [0, 0.05) is 25.3 Å². The number of thioether (sulfide) groups is 1. The molecule has 1 aliphatic heterocycles. The average molecular weight is 412 g/mol. The first-order valence-corrected chi connectivity index (χ1v) is 9.71. The molecule has 28 heavy (non-hydrogen) atoms. The molecular formula is C19H23FNO6S+. The molecule has 2 unspecified atom stereocenters. The lowest BCUT2D eigenvalue weighted by atomic mass is 10.0. The van der Waals surface area contributed by atoms with Crippen molar-refractivity contribution >= 4 is 34.7 Å². The van der Waals surface area contributed by atoms with Crippen molar-refractivity contribution in [3.05, 3.63) is 29.6 Å². The molecule has 0 aliphatic carbocycles. The maximum absolute atomic E-state index is 14.0. The lowest BCUT2D eigenvalue weighted by Gasteiger charge is -2.30. The molecule has 0 spiro atoms. The van der Waals surface area contributed by atoms with E-state index in [1.165, 1.54) is 26.2 Å². The molecule has 9 heteroatoms. The summed E-state index contributed by atoms with van der Waals surface area (Å²) in [6.45, 7) is 3.09. The number of hydrogen-bond donors (Lipinski definition) is 1. The van der Waals surface area contributed by atoms with Gasteiger partial charge < -0.3 is 9.84 Å². The highest BCUT2D eigenvalue weighted by atomic mass is 32.2. The molecule has 0 bridgehead atoms. The van der Waals surface area contributed by atoms with Gasteiger partial charge in [-0.15, -0.1) is 0 Å². The van der Waals surface area contributed by atoms with Crippen molar-refractivity contribution in [2.24, 2.45) is 0 Å². The third-order valence-corrected chi connectivity index (χ3v) is 6.07. The SMILES string of the molecule is COc1ccc(C(=O)C(CC(=O)[N+]2(C(=O)O)CCC[C@H]2C)SC(C)=O)cc1F. The van der Waals surface area contributed by atoms with E-state index in [1.807, 2.05) is 0 Å². The van der Waals surface area contributed by atoms with E-state index < -0.39 is 50.9 Å². The summed E-state index contributed by atoms with van der Waals surface area (Å²) in [6.07, 6.45) is -0.515. The van der Waals surface area contributed by atoms with Gasteiger partial charge in [0.1, 0.15) is 6.04 Å². The van der Waals surface area contributed by atoms with E-state index in [0.717, 1.165) is 6.07 Å². The van der Waals surface area contributed by atoms with Gasteiger partial charge in [0.15, 0.2) is 22.5 Å². The highest BCUT2D eigenvalue weighted by molar-refractivity contribution is 8.14. The van der Waals surface area contributed by atoms with E-state index in [4.69, 9.17) is 4.74 Å². The Morgan fingerprint density at radius 1 is 1.36 bits per heavy atom. The predicted molar refractivity (Wildman–Crippen MR) is 101 cm³/mol. The molecule has 2 rings (SSSR count). The lowest BCUT2D eigenvalue weighted by molar-refractivity contribution is -0.792. The van der Waals surface area contributed by atoms with Crippen LogP contribution >= 0.6 is 11.8 Å². The van der Waals surface area contributed by atoms with Crippen LogP contribution in [0.2, 0.25) is 0 Å². The Hall–Kier alpha value is -2.26. The van der Waals surface area contributed by atoms with Crippen molar-refractivity contribution in [3.63, 3.8) is 0 Å². The van der Waals surface area contributed by atoms with Crippen LogP contribution in [0, 0.1) is 5.82 Å². The molecule has 0 radical (unpaired) electrons. The fourth-order valence-corrected chi connectivity index (χ4v) is 4.42. The summed E-state index contributed by atoms with van der Waals surface area (Å²) >= 11 is 0.651. The number of carboxylic acid groups (broad SMARTS) is 1. The van der Waals surface area contributed by atoms with Crippen LogP contribution in [0.15, 0.2) is 18.2 Å². The minimum atomic E-state index is -1.26. The third kappa shape index (κ3) is 4.25. The quantitative estimate of drug-likeness (QED) is 0.566. The lowest BCUT2D eigenvalue weighted by Crippen LogP contribution is -2.59. The molecule has 1 saturated heterocycles. The number of amides is 2. The zero-order chi connectivity index (χ0) is 21.1. The molecule has 1 heterocycles. The van der Waals surface area contributed by atoms with Crippen LogP contribution in [0.4, 0.5) is 9.18 Å². The molecule has 7 nitrogen and oxygen atoms in total. The molecule has 152 valence electrons. The smallest absolute Gasteiger partial charge is 0.494 e. The van der Waals surface area contributed by atoms with Crippen molar-refractivity contribution in [2.75, 3.05) is 13.7 Å². The number of rotatable bonds is 6. The Balaban J connectivity index is 2.32. The zero-order valence-electron chi connectivity index (χ0n) is 15.9. The van der Waals surface area contributed by atoms with Crippen LogP contribution in [0.3, 0.4) is 0 Å². The van der Waals surface area contributed by atoms with Crippen molar-refractivity contribution in [1.29, 1.82) is 0 Å². The molecule has 1 fully saturated rings. The molecule has 1 aliphatic rings. The Bertz CT molecular complexity index is 814. The second kappa shape index (κ2) is 8.83. The summed E-state index contributed by atoms with van der Waals surface area (Å²) in [5.41, 5.74) is -0.0128. The monoisotopic (exact) mass is 412 g/mol. The number of imide groups is 1. The number of methoxy groups -OCH3 is 1. The Morgan fingerprint density at radius 2 is 2.04 bits per heavy atom. The van der Waals surface area contributed by atoms with E-state index >= 15 is 0 Å². The summed E-state index contributed by atoms with van der Waals surface area (Å²) in [5, 5.41) is 8.16. The molecule has 2 amide bonds. The Kier molecular flexibility index (Phi) is 6.95. The number of hydrogen-bond acceptors (Lipinski definition) is 6. The van der Waals surface area contributed by atoms with E-state index in [0.29, 0.717) is 24.6 Å². The van der Waals surface area contributed by atoms with Crippen LogP contribution < -0.4 is 4.74 Å². The van der Waals surface area contributed by atoms with Gasteiger partial charge in [-0.1, -0.05) is 11.8 Å². The number of quaternary nitrogens is 1. The summed E-state index contributed by atoms with van der Waals surface area (Å²) in [7, 11) is 1.29. The molecular weight excluding hydrogens is 389 g/mol.